The zero-order valence-electron chi connectivity index (χ0n) is 14.6. The van der Waals surface area contributed by atoms with Crippen LogP contribution in [0.15, 0.2) is 59.4 Å². The number of hydrogen-bond donors (Lipinski definition) is 2. The Morgan fingerprint density at radius 3 is 2.38 bits per heavy atom. The van der Waals surface area contributed by atoms with Gasteiger partial charge >= 0.3 is 6.18 Å². The van der Waals surface area contributed by atoms with Crippen molar-refractivity contribution in [2.24, 2.45) is 0 Å². The third-order valence-electron chi connectivity index (χ3n) is 4.03. The van der Waals surface area contributed by atoms with Crippen LogP contribution in [0.5, 0.6) is 0 Å². The van der Waals surface area contributed by atoms with E-state index in [0.717, 1.165) is 12.1 Å². The number of rotatable bonds is 4. The second kappa shape index (κ2) is 7.47. The smallest absolute Gasteiger partial charge is 0.321 e. The quantitative estimate of drug-likeness (QED) is 0.498. The van der Waals surface area contributed by atoms with Crippen LogP contribution in [0.2, 0.25) is 0 Å². The van der Waals surface area contributed by atoms with Gasteiger partial charge in [-0.15, -0.1) is 21.5 Å². The van der Waals surface area contributed by atoms with Crippen LogP contribution in [0.1, 0.15) is 16.1 Å². The summed E-state index contributed by atoms with van der Waals surface area (Å²) >= 11 is 1.33. The number of nitrogens with zero attached hydrogens (tertiary/aromatic N) is 3. The highest BCUT2D eigenvalue weighted by molar-refractivity contribution is 7.07. The number of amides is 1. The van der Waals surface area contributed by atoms with Crippen molar-refractivity contribution in [2.75, 3.05) is 5.32 Å². The third kappa shape index (κ3) is 4.16. The van der Waals surface area contributed by atoms with E-state index < -0.39 is 11.7 Å². The molecule has 0 aliphatic heterocycles. The maximum atomic E-state index is 12.9. The Labute approximate surface area is 166 Å². The minimum Gasteiger partial charge on any atom is -0.321 e. The second-order valence-electron chi connectivity index (χ2n) is 6.01. The molecule has 2 aromatic carbocycles. The molecule has 4 rings (SSSR count). The molecule has 146 valence electrons. The minimum atomic E-state index is -4.43. The topological polar surface area (TPSA) is 83.6 Å². The first-order valence-electron chi connectivity index (χ1n) is 8.30. The Morgan fingerprint density at radius 2 is 1.72 bits per heavy atom. The van der Waals surface area contributed by atoms with Crippen LogP contribution in [-0.4, -0.2) is 26.1 Å². The molecule has 0 unspecified atom stereocenters. The van der Waals surface area contributed by atoms with E-state index in [1.165, 1.54) is 23.5 Å². The Hall–Kier alpha value is -3.53. The van der Waals surface area contributed by atoms with Gasteiger partial charge in [-0.05, 0) is 36.4 Å². The molecule has 0 aliphatic rings. The van der Waals surface area contributed by atoms with E-state index in [0.29, 0.717) is 22.8 Å². The first-order valence-corrected chi connectivity index (χ1v) is 9.25. The summed E-state index contributed by atoms with van der Waals surface area (Å²) in [7, 11) is 0. The molecule has 2 N–H and O–H groups in total. The predicted octanol–water partition coefficient (Wildman–Crippen LogP) is 4.87. The summed E-state index contributed by atoms with van der Waals surface area (Å²) in [5.74, 6) is 0.312. The lowest BCUT2D eigenvalue weighted by molar-refractivity contribution is -0.137. The normalized spacial score (nSPS) is 11.4. The monoisotopic (exact) mass is 415 g/mol. The number of thiazole rings is 1. The number of nitrogens with one attached hydrogen (secondary N) is 2. The molecule has 1 amide bonds. The zero-order valence-corrected chi connectivity index (χ0v) is 15.4. The molecule has 4 aromatic rings. The summed E-state index contributed by atoms with van der Waals surface area (Å²) in [6, 6.07) is 11.7. The maximum absolute atomic E-state index is 12.9. The summed E-state index contributed by atoms with van der Waals surface area (Å²) in [6.45, 7) is 0. The molecule has 0 saturated carbocycles. The van der Waals surface area contributed by atoms with Gasteiger partial charge < -0.3 is 10.3 Å². The fourth-order valence-corrected chi connectivity index (χ4v) is 3.13. The summed E-state index contributed by atoms with van der Waals surface area (Å²) < 4.78 is 38.7. The van der Waals surface area contributed by atoms with Gasteiger partial charge in [-0.2, -0.15) is 13.2 Å². The van der Waals surface area contributed by atoms with E-state index >= 15 is 0 Å². The third-order valence-corrected chi connectivity index (χ3v) is 4.62. The van der Waals surface area contributed by atoms with Crippen molar-refractivity contribution in [3.63, 3.8) is 0 Å². The van der Waals surface area contributed by atoms with Gasteiger partial charge in [0.25, 0.3) is 5.91 Å². The average Bonchev–Trinajstić information content (AvgIpc) is 3.40. The predicted molar refractivity (Wildman–Crippen MR) is 102 cm³/mol. The Morgan fingerprint density at radius 1 is 1.00 bits per heavy atom. The molecule has 10 heteroatoms. The van der Waals surface area contributed by atoms with Gasteiger partial charge in [0.1, 0.15) is 5.69 Å². The molecular formula is C19H12F3N5OS. The van der Waals surface area contributed by atoms with E-state index in [4.69, 9.17) is 0 Å². The van der Waals surface area contributed by atoms with Crippen LogP contribution in [-0.2, 0) is 6.18 Å². The van der Waals surface area contributed by atoms with Gasteiger partial charge in [-0.1, -0.05) is 12.1 Å². The highest BCUT2D eigenvalue weighted by atomic mass is 32.1. The molecule has 2 aromatic heterocycles. The molecule has 0 aliphatic carbocycles. The van der Waals surface area contributed by atoms with Crippen molar-refractivity contribution in [2.45, 2.75) is 6.18 Å². The van der Waals surface area contributed by atoms with E-state index in [1.807, 2.05) is 0 Å². The van der Waals surface area contributed by atoms with Gasteiger partial charge in [0.05, 0.1) is 11.1 Å². The summed E-state index contributed by atoms with van der Waals surface area (Å²) in [4.78, 5) is 18.9. The van der Waals surface area contributed by atoms with E-state index in [2.05, 4.69) is 25.5 Å². The number of benzene rings is 2. The first-order chi connectivity index (χ1) is 13.9. The molecule has 0 atom stereocenters. The fraction of sp³-hybridized carbons (Fsp3) is 0.0526. The zero-order chi connectivity index (χ0) is 20.4. The molecule has 2 heterocycles. The average molecular weight is 415 g/mol. The van der Waals surface area contributed by atoms with Gasteiger partial charge in [0.15, 0.2) is 11.6 Å². The summed E-state index contributed by atoms with van der Waals surface area (Å²) in [6.07, 6.45) is -4.43. The lowest BCUT2D eigenvalue weighted by atomic mass is 10.1. The number of aromatic nitrogens is 4. The fourth-order valence-electron chi connectivity index (χ4n) is 2.60. The molecule has 6 nitrogen and oxygen atoms in total. The van der Waals surface area contributed by atoms with Crippen LogP contribution in [0.3, 0.4) is 0 Å². The Kier molecular flexibility index (Phi) is 4.85. The number of alkyl halides is 3. The molecule has 0 radical (unpaired) electrons. The molecular weight excluding hydrogens is 403 g/mol. The Balaban J connectivity index is 1.52. The second-order valence-corrected chi connectivity index (χ2v) is 6.72. The molecule has 29 heavy (non-hydrogen) atoms. The number of carbonyl (C=O) groups excluding carboxylic acids is 1. The SMILES string of the molecule is O=C(Nc1ccc(-c2nnc(-c3cccc(C(F)(F)F)c3)[nH]2)cc1)c1cscn1. The van der Waals surface area contributed by atoms with Crippen molar-refractivity contribution in [1.82, 2.24) is 20.2 Å². The highest BCUT2D eigenvalue weighted by Crippen LogP contribution is 2.31. The van der Waals surface area contributed by atoms with Crippen LogP contribution >= 0.6 is 11.3 Å². The van der Waals surface area contributed by atoms with Crippen molar-refractivity contribution < 1.29 is 18.0 Å². The molecule has 0 saturated heterocycles. The van der Waals surface area contributed by atoms with Crippen molar-refractivity contribution in [1.29, 1.82) is 0 Å². The first kappa shape index (κ1) is 18.8. The number of H-pyrrole nitrogens is 1. The molecule has 0 bridgehead atoms. The van der Waals surface area contributed by atoms with E-state index in [-0.39, 0.29) is 17.3 Å². The van der Waals surface area contributed by atoms with E-state index in [9.17, 15) is 18.0 Å². The lowest BCUT2D eigenvalue weighted by Gasteiger charge is -2.07. The van der Waals surface area contributed by atoms with Crippen LogP contribution in [0.25, 0.3) is 22.8 Å². The van der Waals surface area contributed by atoms with Crippen LogP contribution < -0.4 is 5.32 Å². The van der Waals surface area contributed by atoms with Crippen LogP contribution in [0.4, 0.5) is 18.9 Å². The van der Waals surface area contributed by atoms with Gasteiger partial charge in [-0.25, -0.2) is 4.98 Å². The minimum absolute atomic E-state index is 0.229. The highest BCUT2D eigenvalue weighted by Gasteiger charge is 2.30. The van der Waals surface area contributed by atoms with Crippen molar-refractivity contribution >= 4 is 22.9 Å². The number of halogens is 3. The van der Waals surface area contributed by atoms with Crippen LogP contribution in [0, 0.1) is 0 Å². The number of anilines is 1. The number of aromatic amines is 1. The van der Waals surface area contributed by atoms with Gasteiger partial charge in [0, 0.05) is 22.2 Å². The lowest BCUT2D eigenvalue weighted by Crippen LogP contribution is -2.11. The summed E-state index contributed by atoms with van der Waals surface area (Å²) in [5, 5.41) is 12.3. The van der Waals surface area contributed by atoms with Crippen molar-refractivity contribution in [3.8, 4) is 22.8 Å². The standard InChI is InChI=1S/C19H12F3N5OS/c20-19(21,22)13-3-1-2-12(8-13)17-25-16(26-27-17)11-4-6-14(7-5-11)24-18(28)15-9-29-10-23-15/h1-10H,(H,24,28)(H,25,26,27). The molecule has 0 fully saturated rings. The molecule has 0 spiro atoms. The Bertz CT molecular complexity index is 1140. The van der Waals surface area contributed by atoms with E-state index in [1.54, 1.807) is 35.2 Å². The number of hydrogen-bond acceptors (Lipinski definition) is 5. The van der Waals surface area contributed by atoms with Crippen molar-refractivity contribution in [3.05, 3.63) is 70.7 Å². The maximum Gasteiger partial charge on any atom is 0.416 e. The largest absolute Gasteiger partial charge is 0.416 e. The number of carbonyl (C=O) groups is 1. The van der Waals surface area contributed by atoms with Gasteiger partial charge in [-0.3, -0.25) is 4.79 Å². The summed E-state index contributed by atoms with van der Waals surface area (Å²) in [5.41, 5.74) is 2.68. The van der Waals surface area contributed by atoms with Gasteiger partial charge in [0.2, 0.25) is 0 Å².